The van der Waals surface area contributed by atoms with Gasteiger partial charge in [-0.1, -0.05) is 6.92 Å². The van der Waals surface area contributed by atoms with E-state index in [4.69, 9.17) is 0 Å². The van der Waals surface area contributed by atoms with Crippen LogP contribution < -0.4 is 5.32 Å². The zero-order valence-corrected chi connectivity index (χ0v) is 11.6. The van der Waals surface area contributed by atoms with Crippen molar-refractivity contribution in [3.63, 3.8) is 0 Å². The molecular weight excluding hydrogens is 238 g/mol. The molecule has 1 N–H and O–H groups in total. The molecule has 2 rings (SSSR count). The van der Waals surface area contributed by atoms with Crippen LogP contribution in [0.1, 0.15) is 37.6 Å². The van der Waals surface area contributed by atoms with Crippen LogP contribution in [0.15, 0.2) is 24.7 Å². The number of aromatic nitrogens is 4. The first-order valence-corrected chi connectivity index (χ1v) is 6.56. The molecule has 2 aromatic rings. The minimum absolute atomic E-state index is 0.255. The van der Waals surface area contributed by atoms with Crippen LogP contribution in [-0.2, 0) is 0 Å². The van der Waals surface area contributed by atoms with Gasteiger partial charge in [0.05, 0.1) is 0 Å². The van der Waals surface area contributed by atoms with Gasteiger partial charge in [0, 0.05) is 35.9 Å². The van der Waals surface area contributed by atoms with Gasteiger partial charge < -0.3 is 5.32 Å². The van der Waals surface area contributed by atoms with Crippen LogP contribution in [0.25, 0.3) is 11.6 Å². The van der Waals surface area contributed by atoms with E-state index in [9.17, 15) is 0 Å². The minimum atomic E-state index is 0.255. The van der Waals surface area contributed by atoms with Crippen molar-refractivity contribution < 1.29 is 0 Å². The first-order valence-electron chi connectivity index (χ1n) is 6.56. The third-order valence-corrected chi connectivity index (χ3v) is 2.95. The Bertz CT molecular complexity index is 527. The molecule has 0 aliphatic carbocycles. The van der Waals surface area contributed by atoms with Gasteiger partial charge in [-0.05, 0) is 32.9 Å². The third kappa shape index (κ3) is 3.32. The van der Waals surface area contributed by atoms with Crippen molar-refractivity contribution in [3.05, 3.63) is 35.9 Å². The fourth-order valence-electron chi connectivity index (χ4n) is 1.89. The smallest absolute Gasteiger partial charge is 0.197 e. The summed E-state index contributed by atoms with van der Waals surface area (Å²) in [6.45, 7) is 7.26. The van der Waals surface area contributed by atoms with Crippen LogP contribution in [0.3, 0.4) is 0 Å². The fraction of sp³-hybridized carbons (Fsp3) is 0.429. The molecule has 2 aromatic heterocycles. The van der Waals surface area contributed by atoms with E-state index >= 15 is 0 Å². The van der Waals surface area contributed by atoms with Crippen molar-refractivity contribution in [2.24, 2.45) is 0 Å². The van der Waals surface area contributed by atoms with Gasteiger partial charge in [0.25, 0.3) is 0 Å². The van der Waals surface area contributed by atoms with Gasteiger partial charge in [0.1, 0.15) is 0 Å². The zero-order valence-electron chi connectivity index (χ0n) is 11.6. The summed E-state index contributed by atoms with van der Waals surface area (Å²) >= 11 is 0. The van der Waals surface area contributed by atoms with E-state index in [-0.39, 0.29) is 6.04 Å². The first-order chi connectivity index (χ1) is 9.22. The summed E-state index contributed by atoms with van der Waals surface area (Å²) in [6.07, 6.45) is 6.36. The Kier molecular flexibility index (Phi) is 4.52. The molecule has 0 fully saturated rings. The van der Waals surface area contributed by atoms with E-state index in [1.54, 1.807) is 18.5 Å². The van der Waals surface area contributed by atoms with Crippen LogP contribution in [0.4, 0.5) is 0 Å². The Morgan fingerprint density at radius 3 is 2.53 bits per heavy atom. The van der Waals surface area contributed by atoms with Crippen LogP contribution in [0.5, 0.6) is 0 Å². The van der Waals surface area contributed by atoms with E-state index < -0.39 is 0 Å². The Morgan fingerprint density at radius 2 is 1.89 bits per heavy atom. The average molecular weight is 257 g/mol. The highest BCUT2D eigenvalue weighted by molar-refractivity contribution is 5.43. The molecule has 0 saturated carbocycles. The molecular formula is C14H19N5. The lowest BCUT2D eigenvalue weighted by Gasteiger charge is -2.15. The SMILES string of the molecule is CCCNC(C)c1cnc(-c2ncccn2)nc1C. The van der Waals surface area contributed by atoms with Crippen molar-refractivity contribution in [1.29, 1.82) is 0 Å². The summed E-state index contributed by atoms with van der Waals surface area (Å²) in [6, 6.07) is 2.03. The Balaban J connectivity index is 2.22. The summed E-state index contributed by atoms with van der Waals surface area (Å²) in [4.78, 5) is 17.2. The summed E-state index contributed by atoms with van der Waals surface area (Å²) in [7, 11) is 0. The second-order valence-electron chi connectivity index (χ2n) is 4.48. The molecule has 19 heavy (non-hydrogen) atoms. The average Bonchev–Trinajstić information content (AvgIpc) is 2.45. The van der Waals surface area contributed by atoms with Crippen molar-refractivity contribution in [1.82, 2.24) is 25.3 Å². The van der Waals surface area contributed by atoms with Gasteiger partial charge >= 0.3 is 0 Å². The van der Waals surface area contributed by atoms with E-state index in [2.05, 4.69) is 39.1 Å². The lowest BCUT2D eigenvalue weighted by atomic mass is 10.1. The van der Waals surface area contributed by atoms with Gasteiger partial charge in [-0.2, -0.15) is 0 Å². The summed E-state index contributed by atoms with van der Waals surface area (Å²) < 4.78 is 0. The van der Waals surface area contributed by atoms with Crippen LogP contribution in [-0.4, -0.2) is 26.5 Å². The maximum Gasteiger partial charge on any atom is 0.197 e. The molecule has 0 aromatic carbocycles. The number of aryl methyl sites for hydroxylation is 1. The number of hydrogen-bond donors (Lipinski definition) is 1. The van der Waals surface area contributed by atoms with E-state index in [0.29, 0.717) is 11.6 Å². The lowest BCUT2D eigenvalue weighted by Crippen LogP contribution is -2.20. The molecule has 0 aliphatic rings. The molecule has 0 saturated heterocycles. The largest absolute Gasteiger partial charge is 0.310 e. The second-order valence-corrected chi connectivity index (χ2v) is 4.48. The molecule has 5 heteroatoms. The number of nitrogens with one attached hydrogen (secondary N) is 1. The van der Waals surface area contributed by atoms with E-state index in [1.165, 1.54) is 0 Å². The summed E-state index contributed by atoms with van der Waals surface area (Å²) in [5.41, 5.74) is 2.08. The second kappa shape index (κ2) is 6.33. The topological polar surface area (TPSA) is 63.6 Å². The molecule has 1 atom stereocenters. The molecule has 1 unspecified atom stereocenters. The molecule has 0 radical (unpaired) electrons. The van der Waals surface area contributed by atoms with E-state index in [1.807, 2.05) is 13.1 Å². The standard InChI is InChI=1S/C14H19N5/c1-4-6-15-10(2)12-9-18-14(19-11(12)3)13-16-7-5-8-17-13/h5,7-10,15H,4,6H2,1-3H3. The van der Waals surface area contributed by atoms with Crippen molar-refractivity contribution in [2.45, 2.75) is 33.2 Å². The molecule has 2 heterocycles. The van der Waals surface area contributed by atoms with Crippen molar-refractivity contribution >= 4 is 0 Å². The normalized spacial score (nSPS) is 12.4. The quantitative estimate of drug-likeness (QED) is 0.890. The predicted molar refractivity (Wildman–Crippen MR) is 74.5 cm³/mol. The fourth-order valence-corrected chi connectivity index (χ4v) is 1.89. The van der Waals surface area contributed by atoms with Gasteiger partial charge in [-0.3, -0.25) is 0 Å². The highest BCUT2D eigenvalue weighted by Gasteiger charge is 2.12. The Hall–Kier alpha value is -1.88. The summed E-state index contributed by atoms with van der Waals surface area (Å²) in [5, 5.41) is 3.44. The third-order valence-electron chi connectivity index (χ3n) is 2.95. The first kappa shape index (κ1) is 13.5. The molecule has 100 valence electrons. The van der Waals surface area contributed by atoms with Gasteiger partial charge in [0.15, 0.2) is 11.6 Å². The summed E-state index contributed by atoms with van der Waals surface area (Å²) in [5.74, 6) is 1.14. The number of nitrogens with zero attached hydrogens (tertiary/aromatic N) is 4. The molecule has 0 bridgehead atoms. The van der Waals surface area contributed by atoms with E-state index in [0.717, 1.165) is 24.2 Å². The predicted octanol–water partition coefficient (Wildman–Crippen LogP) is 2.30. The highest BCUT2D eigenvalue weighted by Crippen LogP contribution is 2.17. The maximum absolute atomic E-state index is 4.50. The van der Waals surface area contributed by atoms with Gasteiger partial charge in [0.2, 0.25) is 0 Å². The van der Waals surface area contributed by atoms with Crippen LogP contribution in [0, 0.1) is 6.92 Å². The Labute approximate surface area is 113 Å². The van der Waals surface area contributed by atoms with Crippen molar-refractivity contribution in [3.8, 4) is 11.6 Å². The minimum Gasteiger partial charge on any atom is -0.310 e. The van der Waals surface area contributed by atoms with Gasteiger partial charge in [-0.25, -0.2) is 19.9 Å². The zero-order chi connectivity index (χ0) is 13.7. The van der Waals surface area contributed by atoms with Crippen LogP contribution >= 0.6 is 0 Å². The monoisotopic (exact) mass is 257 g/mol. The number of rotatable bonds is 5. The molecule has 0 aliphatic heterocycles. The maximum atomic E-state index is 4.50. The van der Waals surface area contributed by atoms with Crippen molar-refractivity contribution in [2.75, 3.05) is 6.54 Å². The molecule has 5 nitrogen and oxygen atoms in total. The lowest BCUT2D eigenvalue weighted by molar-refractivity contribution is 0.564. The molecule has 0 spiro atoms. The highest BCUT2D eigenvalue weighted by atomic mass is 15.0. The van der Waals surface area contributed by atoms with Gasteiger partial charge in [-0.15, -0.1) is 0 Å². The Morgan fingerprint density at radius 1 is 1.16 bits per heavy atom. The molecule has 0 amide bonds. The van der Waals surface area contributed by atoms with Crippen LogP contribution in [0.2, 0.25) is 0 Å². The number of hydrogen-bond acceptors (Lipinski definition) is 5.